The molecule has 2 saturated heterocycles. The molecule has 0 saturated carbocycles. The molecule has 142 valence electrons. The highest BCUT2D eigenvalue weighted by Gasteiger charge is 2.41. The molecule has 1 aromatic heterocycles. The Bertz CT molecular complexity index is 827. The number of rotatable bonds is 3. The summed E-state index contributed by atoms with van der Waals surface area (Å²) in [5.41, 5.74) is 1.91. The molecule has 2 aromatic rings. The fraction of sp³-hybridized carbons (Fsp3) is 0.421. The minimum atomic E-state index is -0.500. The molecule has 0 radical (unpaired) electrons. The first kappa shape index (κ1) is 18.2. The first-order valence-electron chi connectivity index (χ1n) is 8.99. The van der Waals surface area contributed by atoms with E-state index in [2.05, 4.69) is 15.3 Å². The molecule has 1 amide bonds. The maximum Gasteiger partial charge on any atom is 0.272 e. The average Bonchev–Trinajstić information content (AvgIpc) is 3.11. The third-order valence-electron chi connectivity index (χ3n) is 4.80. The minimum absolute atomic E-state index is 0.104. The number of ether oxygens (including phenoxy) is 2. The number of hydrogen-bond acceptors (Lipinski definition) is 6. The molecule has 1 spiro atoms. The van der Waals surface area contributed by atoms with Crippen molar-refractivity contribution in [2.45, 2.75) is 25.6 Å². The van der Waals surface area contributed by atoms with Crippen LogP contribution in [-0.2, 0) is 9.47 Å². The molecular weight excluding hydrogens is 368 g/mol. The number of nitrogens with zero attached hydrogens (tertiary/aromatic N) is 3. The van der Waals surface area contributed by atoms with Crippen LogP contribution >= 0.6 is 11.6 Å². The van der Waals surface area contributed by atoms with Crippen LogP contribution in [-0.4, -0.2) is 52.9 Å². The molecule has 0 unspecified atom stereocenters. The van der Waals surface area contributed by atoms with E-state index in [1.165, 1.54) is 0 Å². The third kappa shape index (κ3) is 4.05. The van der Waals surface area contributed by atoms with Gasteiger partial charge in [-0.3, -0.25) is 4.79 Å². The van der Waals surface area contributed by atoms with E-state index in [9.17, 15) is 4.79 Å². The van der Waals surface area contributed by atoms with E-state index < -0.39 is 5.79 Å². The lowest BCUT2D eigenvalue weighted by Crippen LogP contribution is -2.47. The van der Waals surface area contributed by atoms with E-state index in [1.807, 2.05) is 19.1 Å². The van der Waals surface area contributed by atoms with Crippen molar-refractivity contribution in [1.82, 2.24) is 14.9 Å². The number of likely N-dealkylation sites (tertiary alicyclic amines) is 1. The maximum atomic E-state index is 12.9. The van der Waals surface area contributed by atoms with Gasteiger partial charge in [-0.2, -0.15) is 0 Å². The van der Waals surface area contributed by atoms with E-state index >= 15 is 0 Å². The monoisotopic (exact) mass is 388 g/mol. The molecule has 1 N–H and O–H groups in total. The van der Waals surface area contributed by atoms with Crippen LogP contribution in [0.4, 0.5) is 11.6 Å². The molecule has 3 heterocycles. The lowest BCUT2D eigenvalue weighted by Gasteiger charge is -2.37. The van der Waals surface area contributed by atoms with Crippen LogP contribution in [0, 0.1) is 6.92 Å². The zero-order valence-electron chi connectivity index (χ0n) is 15.1. The van der Waals surface area contributed by atoms with Crippen LogP contribution < -0.4 is 5.32 Å². The second kappa shape index (κ2) is 7.42. The van der Waals surface area contributed by atoms with E-state index in [0.29, 0.717) is 55.8 Å². The van der Waals surface area contributed by atoms with Gasteiger partial charge in [-0.1, -0.05) is 11.6 Å². The number of hydrogen-bond donors (Lipinski definition) is 1. The van der Waals surface area contributed by atoms with Gasteiger partial charge in [0.25, 0.3) is 5.91 Å². The van der Waals surface area contributed by atoms with Crippen LogP contribution in [0.5, 0.6) is 0 Å². The Kier molecular flexibility index (Phi) is 4.99. The predicted octanol–water partition coefficient (Wildman–Crippen LogP) is 3.16. The summed E-state index contributed by atoms with van der Waals surface area (Å²) < 4.78 is 11.4. The van der Waals surface area contributed by atoms with Gasteiger partial charge >= 0.3 is 0 Å². The summed E-state index contributed by atoms with van der Waals surface area (Å²) >= 11 is 5.91. The summed E-state index contributed by atoms with van der Waals surface area (Å²) in [4.78, 5) is 23.5. The summed E-state index contributed by atoms with van der Waals surface area (Å²) in [5, 5.41) is 3.77. The molecule has 2 fully saturated rings. The molecule has 0 aliphatic carbocycles. The normalized spacial score (nSPS) is 18.7. The zero-order chi connectivity index (χ0) is 18.9. The highest BCUT2D eigenvalue weighted by Crippen LogP contribution is 2.31. The van der Waals surface area contributed by atoms with Gasteiger partial charge < -0.3 is 19.7 Å². The van der Waals surface area contributed by atoms with Crippen LogP contribution in [0.15, 0.2) is 30.3 Å². The fourth-order valence-electron chi connectivity index (χ4n) is 3.39. The van der Waals surface area contributed by atoms with Gasteiger partial charge in [0.2, 0.25) is 5.95 Å². The summed E-state index contributed by atoms with van der Waals surface area (Å²) in [7, 11) is 0. The number of carbonyl (C=O) groups is 1. The number of amides is 1. The first-order chi connectivity index (χ1) is 13.0. The van der Waals surface area contributed by atoms with E-state index in [1.54, 1.807) is 23.1 Å². The molecule has 2 aliphatic rings. The van der Waals surface area contributed by atoms with E-state index in [-0.39, 0.29) is 5.91 Å². The number of halogens is 1. The lowest BCUT2D eigenvalue weighted by atomic mass is 10.0. The topological polar surface area (TPSA) is 76.6 Å². The number of benzene rings is 1. The largest absolute Gasteiger partial charge is 0.347 e. The Morgan fingerprint density at radius 1 is 1.15 bits per heavy atom. The smallest absolute Gasteiger partial charge is 0.272 e. The Labute approximate surface area is 162 Å². The zero-order valence-corrected chi connectivity index (χ0v) is 15.8. The average molecular weight is 389 g/mol. The van der Waals surface area contributed by atoms with Crippen molar-refractivity contribution in [2.75, 3.05) is 31.6 Å². The second-order valence-corrected chi connectivity index (χ2v) is 7.19. The van der Waals surface area contributed by atoms with Gasteiger partial charge in [-0.05, 0) is 37.3 Å². The Balaban J connectivity index is 1.47. The van der Waals surface area contributed by atoms with Crippen LogP contribution in [0.25, 0.3) is 0 Å². The van der Waals surface area contributed by atoms with E-state index in [0.717, 1.165) is 11.4 Å². The maximum absolute atomic E-state index is 12.9. The van der Waals surface area contributed by atoms with Crippen LogP contribution in [0.3, 0.4) is 0 Å². The van der Waals surface area contributed by atoms with Gasteiger partial charge in [0.1, 0.15) is 5.69 Å². The standard InChI is InChI=1S/C19H21ClN4O3/c1-13-12-16(23-18(21-13)22-15-4-2-14(20)3-5-15)17(25)24-8-6-19(7-9-24)26-10-11-27-19/h2-5,12H,6-11H2,1H3,(H,21,22,23). The summed E-state index contributed by atoms with van der Waals surface area (Å²) in [6.07, 6.45) is 1.36. The van der Waals surface area contributed by atoms with Crippen molar-refractivity contribution in [1.29, 1.82) is 0 Å². The lowest BCUT2D eigenvalue weighted by molar-refractivity contribution is -0.181. The number of anilines is 2. The van der Waals surface area contributed by atoms with Crippen molar-refractivity contribution >= 4 is 29.1 Å². The molecule has 8 heteroatoms. The van der Waals surface area contributed by atoms with Crippen molar-refractivity contribution in [3.05, 3.63) is 46.7 Å². The van der Waals surface area contributed by atoms with Gasteiger partial charge in [0.15, 0.2) is 5.79 Å². The highest BCUT2D eigenvalue weighted by molar-refractivity contribution is 6.30. The number of piperidine rings is 1. The van der Waals surface area contributed by atoms with Crippen LogP contribution in [0.2, 0.25) is 5.02 Å². The molecule has 0 bridgehead atoms. The van der Waals surface area contributed by atoms with Gasteiger partial charge in [0, 0.05) is 42.3 Å². The van der Waals surface area contributed by atoms with Gasteiger partial charge in [0.05, 0.1) is 13.2 Å². The Hall–Kier alpha value is -2.22. The van der Waals surface area contributed by atoms with Crippen molar-refractivity contribution < 1.29 is 14.3 Å². The number of aromatic nitrogens is 2. The SMILES string of the molecule is Cc1cc(C(=O)N2CCC3(CC2)OCCO3)nc(Nc2ccc(Cl)cc2)n1. The fourth-order valence-corrected chi connectivity index (χ4v) is 3.52. The summed E-state index contributed by atoms with van der Waals surface area (Å²) in [5.74, 6) is -0.219. The predicted molar refractivity (Wildman–Crippen MR) is 101 cm³/mol. The number of aryl methyl sites for hydroxylation is 1. The number of nitrogens with one attached hydrogen (secondary N) is 1. The molecular formula is C19H21ClN4O3. The summed E-state index contributed by atoms with van der Waals surface area (Å²) in [6, 6.07) is 8.94. The quantitative estimate of drug-likeness (QED) is 0.870. The Morgan fingerprint density at radius 2 is 1.81 bits per heavy atom. The van der Waals surface area contributed by atoms with Crippen molar-refractivity contribution in [3.63, 3.8) is 0 Å². The molecule has 4 rings (SSSR count). The van der Waals surface area contributed by atoms with Gasteiger partial charge in [-0.25, -0.2) is 9.97 Å². The molecule has 0 atom stereocenters. The molecule has 27 heavy (non-hydrogen) atoms. The van der Waals surface area contributed by atoms with Crippen LogP contribution in [0.1, 0.15) is 29.0 Å². The van der Waals surface area contributed by atoms with E-state index in [4.69, 9.17) is 21.1 Å². The molecule has 2 aliphatic heterocycles. The second-order valence-electron chi connectivity index (χ2n) is 6.75. The molecule has 7 nitrogen and oxygen atoms in total. The Morgan fingerprint density at radius 3 is 2.48 bits per heavy atom. The highest BCUT2D eigenvalue weighted by atomic mass is 35.5. The third-order valence-corrected chi connectivity index (χ3v) is 5.05. The van der Waals surface area contributed by atoms with Crippen molar-refractivity contribution in [3.8, 4) is 0 Å². The summed E-state index contributed by atoms with van der Waals surface area (Å²) in [6.45, 7) is 4.26. The first-order valence-corrected chi connectivity index (χ1v) is 9.36. The number of carbonyl (C=O) groups excluding carboxylic acids is 1. The van der Waals surface area contributed by atoms with Crippen molar-refractivity contribution in [2.24, 2.45) is 0 Å². The minimum Gasteiger partial charge on any atom is -0.347 e. The van der Waals surface area contributed by atoms with Gasteiger partial charge in [-0.15, -0.1) is 0 Å². The molecule has 1 aromatic carbocycles.